The van der Waals surface area contributed by atoms with E-state index >= 15 is 0 Å². The van der Waals surface area contributed by atoms with Crippen LogP contribution < -0.4 is 5.32 Å². The lowest BCUT2D eigenvalue weighted by atomic mass is 9.96. The molecular weight excluding hydrogens is 377 g/mol. The molecule has 1 saturated heterocycles. The number of piperidine rings is 1. The first-order valence-corrected chi connectivity index (χ1v) is 11.0. The van der Waals surface area contributed by atoms with Gasteiger partial charge in [-0.3, -0.25) is 9.69 Å². The monoisotopic (exact) mass is 407 g/mol. The maximum absolute atomic E-state index is 13.7. The Morgan fingerprint density at radius 3 is 2.63 bits per heavy atom. The average molecular weight is 408 g/mol. The minimum absolute atomic E-state index is 0.131. The number of amides is 1. The number of aromatic nitrogens is 1. The zero-order valence-electron chi connectivity index (χ0n) is 17.6. The number of nitrogens with one attached hydrogen (secondary N) is 1. The molecule has 0 unspecified atom stereocenters. The third-order valence-electron chi connectivity index (χ3n) is 6.02. The molecule has 1 aromatic heterocycles. The smallest absolute Gasteiger partial charge is 0.223 e. The number of carbonyl (C=O) groups is 1. The van der Waals surface area contributed by atoms with Crippen LogP contribution >= 0.6 is 0 Å². The molecule has 0 aliphatic carbocycles. The number of halogens is 1. The van der Waals surface area contributed by atoms with Crippen LogP contribution in [-0.2, 0) is 17.9 Å². The molecule has 1 N–H and O–H groups in total. The minimum Gasteiger partial charge on any atom is -0.356 e. The molecule has 158 valence electrons. The lowest BCUT2D eigenvalue weighted by Crippen LogP contribution is -2.40. The molecule has 1 fully saturated rings. The highest BCUT2D eigenvalue weighted by Crippen LogP contribution is 2.25. The summed E-state index contributed by atoms with van der Waals surface area (Å²) < 4.78 is 16.0. The third-order valence-corrected chi connectivity index (χ3v) is 6.02. The number of carbonyl (C=O) groups excluding carboxylic acids is 1. The molecule has 1 amide bonds. The Balaban J connectivity index is 1.49. The zero-order chi connectivity index (χ0) is 20.9. The predicted octanol–water partition coefficient (Wildman–Crippen LogP) is 4.57. The summed E-state index contributed by atoms with van der Waals surface area (Å²) in [7, 11) is 0. The summed E-state index contributed by atoms with van der Waals surface area (Å²) in [5.74, 6) is 0.136. The normalized spacial score (nSPS) is 15.5. The van der Waals surface area contributed by atoms with Gasteiger partial charge in [-0.1, -0.05) is 37.3 Å². The number of fused-ring (bicyclic) bond motifs is 1. The van der Waals surface area contributed by atoms with Crippen LogP contribution in [-0.4, -0.2) is 35.0 Å². The van der Waals surface area contributed by atoms with Gasteiger partial charge in [0.25, 0.3) is 0 Å². The molecule has 0 spiro atoms. The maximum atomic E-state index is 13.7. The largest absolute Gasteiger partial charge is 0.356 e. The first kappa shape index (κ1) is 20.6. The van der Waals surface area contributed by atoms with Crippen molar-refractivity contribution in [3.8, 4) is 0 Å². The van der Waals surface area contributed by atoms with Gasteiger partial charge in [0.1, 0.15) is 5.82 Å². The Hall–Kier alpha value is -2.66. The van der Waals surface area contributed by atoms with Gasteiger partial charge < -0.3 is 9.88 Å². The van der Waals surface area contributed by atoms with Gasteiger partial charge in [-0.2, -0.15) is 0 Å². The maximum Gasteiger partial charge on any atom is 0.223 e. The third kappa shape index (κ3) is 4.73. The minimum atomic E-state index is -0.200. The second kappa shape index (κ2) is 9.43. The molecule has 30 heavy (non-hydrogen) atoms. The highest BCUT2D eigenvalue weighted by molar-refractivity contribution is 5.81. The lowest BCUT2D eigenvalue weighted by molar-refractivity contribution is -0.126. The fraction of sp³-hybridized carbons (Fsp3) is 0.400. The number of hydrogen-bond acceptors (Lipinski definition) is 2. The second-order valence-corrected chi connectivity index (χ2v) is 8.25. The van der Waals surface area contributed by atoms with Crippen molar-refractivity contribution in [2.75, 3.05) is 19.6 Å². The molecule has 2 aromatic carbocycles. The summed E-state index contributed by atoms with van der Waals surface area (Å²) in [6, 6.07) is 17.4. The van der Waals surface area contributed by atoms with Crippen LogP contribution in [0.5, 0.6) is 0 Å². The zero-order valence-corrected chi connectivity index (χ0v) is 17.6. The fourth-order valence-corrected chi connectivity index (χ4v) is 4.38. The predicted molar refractivity (Wildman–Crippen MR) is 119 cm³/mol. The number of benzene rings is 2. The molecule has 0 atom stereocenters. The van der Waals surface area contributed by atoms with Gasteiger partial charge >= 0.3 is 0 Å². The van der Waals surface area contributed by atoms with E-state index in [2.05, 4.69) is 52.0 Å². The molecule has 0 saturated carbocycles. The molecule has 1 aliphatic heterocycles. The molecule has 4 nitrogen and oxygen atoms in total. The van der Waals surface area contributed by atoms with Crippen LogP contribution in [0.4, 0.5) is 4.39 Å². The van der Waals surface area contributed by atoms with Crippen molar-refractivity contribution in [3.63, 3.8) is 0 Å². The Morgan fingerprint density at radius 2 is 1.87 bits per heavy atom. The van der Waals surface area contributed by atoms with Crippen molar-refractivity contribution in [1.82, 2.24) is 14.8 Å². The molecular formula is C25H30FN3O. The Morgan fingerprint density at radius 1 is 1.07 bits per heavy atom. The van der Waals surface area contributed by atoms with E-state index in [0.717, 1.165) is 51.0 Å². The van der Waals surface area contributed by atoms with Crippen molar-refractivity contribution in [2.45, 2.75) is 39.3 Å². The van der Waals surface area contributed by atoms with Crippen LogP contribution in [0.2, 0.25) is 0 Å². The van der Waals surface area contributed by atoms with E-state index in [1.165, 1.54) is 22.7 Å². The molecule has 1 aliphatic rings. The van der Waals surface area contributed by atoms with Crippen molar-refractivity contribution in [2.24, 2.45) is 5.92 Å². The first-order chi connectivity index (χ1) is 14.6. The summed E-state index contributed by atoms with van der Waals surface area (Å²) in [5, 5.41) is 4.24. The van der Waals surface area contributed by atoms with E-state index in [4.69, 9.17) is 0 Å². The number of nitrogens with zero attached hydrogens (tertiary/aromatic N) is 2. The van der Waals surface area contributed by atoms with E-state index in [-0.39, 0.29) is 17.6 Å². The topological polar surface area (TPSA) is 37.3 Å². The molecule has 0 bridgehead atoms. The summed E-state index contributed by atoms with van der Waals surface area (Å²) in [5.41, 5.74) is 3.36. The van der Waals surface area contributed by atoms with Crippen LogP contribution in [0, 0.1) is 11.7 Å². The van der Waals surface area contributed by atoms with Gasteiger partial charge in [-0.25, -0.2) is 4.39 Å². The molecule has 4 rings (SSSR count). The number of likely N-dealkylation sites (tertiary alicyclic amines) is 1. The van der Waals surface area contributed by atoms with Gasteiger partial charge in [0, 0.05) is 36.8 Å². The summed E-state index contributed by atoms with van der Waals surface area (Å²) in [6.07, 6.45) is 2.78. The van der Waals surface area contributed by atoms with Crippen molar-refractivity contribution >= 4 is 16.8 Å². The second-order valence-electron chi connectivity index (χ2n) is 8.25. The molecule has 3 aromatic rings. The highest BCUT2D eigenvalue weighted by Gasteiger charge is 2.25. The average Bonchev–Trinajstić information content (AvgIpc) is 3.09. The standard InChI is InChI=1S/C25H30FN3O/c1-2-12-27-25(30)20-10-13-28(14-11-20)18-23-16-21-7-3-4-9-24(21)29(23)17-19-6-5-8-22(26)15-19/h3-9,15-16,20H,2,10-14,17-18H2,1H3,(H,27,30). The molecule has 0 radical (unpaired) electrons. The van der Waals surface area contributed by atoms with Crippen LogP contribution in [0.25, 0.3) is 10.9 Å². The van der Waals surface area contributed by atoms with Crippen molar-refractivity contribution in [3.05, 3.63) is 71.7 Å². The van der Waals surface area contributed by atoms with Gasteiger partial charge in [0.15, 0.2) is 0 Å². The van der Waals surface area contributed by atoms with Gasteiger partial charge in [0.2, 0.25) is 5.91 Å². The van der Waals surface area contributed by atoms with E-state index in [9.17, 15) is 9.18 Å². The van der Waals surface area contributed by atoms with E-state index in [1.807, 2.05) is 6.07 Å². The van der Waals surface area contributed by atoms with E-state index in [0.29, 0.717) is 6.54 Å². The summed E-state index contributed by atoms with van der Waals surface area (Å²) in [6.45, 7) is 6.17. The Kier molecular flexibility index (Phi) is 6.48. The van der Waals surface area contributed by atoms with E-state index < -0.39 is 0 Å². The summed E-state index contributed by atoms with van der Waals surface area (Å²) in [4.78, 5) is 14.7. The molecule has 2 heterocycles. The first-order valence-electron chi connectivity index (χ1n) is 11.0. The SMILES string of the molecule is CCCNC(=O)C1CCN(Cc2cc3ccccc3n2Cc2cccc(F)c2)CC1. The van der Waals surface area contributed by atoms with Crippen LogP contribution in [0.3, 0.4) is 0 Å². The number of para-hydroxylation sites is 1. The number of hydrogen-bond donors (Lipinski definition) is 1. The molecule has 5 heteroatoms. The van der Waals surface area contributed by atoms with Gasteiger partial charge in [-0.05, 0) is 67.6 Å². The van der Waals surface area contributed by atoms with Gasteiger partial charge in [0.05, 0.1) is 0 Å². The van der Waals surface area contributed by atoms with Crippen LogP contribution in [0.1, 0.15) is 37.4 Å². The van der Waals surface area contributed by atoms with Crippen molar-refractivity contribution < 1.29 is 9.18 Å². The fourth-order valence-electron chi connectivity index (χ4n) is 4.38. The lowest BCUT2D eigenvalue weighted by Gasteiger charge is -2.31. The Labute approximate surface area is 177 Å². The number of rotatable bonds is 7. The summed E-state index contributed by atoms with van der Waals surface area (Å²) >= 11 is 0. The van der Waals surface area contributed by atoms with Gasteiger partial charge in [-0.15, -0.1) is 0 Å². The quantitative estimate of drug-likeness (QED) is 0.623. The van der Waals surface area contributed by atoms with E-state index in [1.54, 1.807) is 12.1 Å². The highest BCUT2D eigenvalue weighted by atomic mass is 19.1. The Bertz CT molecular complexity index is 1000. The van der Waals surface area contributed by atoms with Crippen LogP contribution in [0.15, 0.2) is 54.6 Å². The van der Waals surface area contributed by atoms with Crippen molar-refractivity contribution in [1.29, 1.82) is 0 Å².